The second-order valence-corrected chi connectivity index (χ2v) is 13.2. The molecule has 0 unspecified atom stereocenters. The predicted molar refractivity (Wildman–Crippen MR) is 216 cm³/mol. The van der Waals surface area contributed by atoms with Gasteiger partial charge in [-0.2, -0.15) is 0 Å². The average Bonchev–Trinajstić information content (AvgIpc) is 3.19. The van der Waals surface area contributed by atoms with Gasteiger partial charge in [-0.3, -0.25) is 0 Å². The molecular formula is C50H32. The Morgan fingerprint density at radius 1 is 0.200 bits per heavy atom. The Hall–Kier alpha value is -6.50. The monoisotopic (exact) mass is 632 g/mol. The lowest BCUT2D eigenvalue weighted by Crippen LogP contribution is -1.93. The molecule has 0 radical (unpaired) electrons. The van der Waals surface area contributed by atoms with Crippen LogP contribution in [0.4, 0.5) is 0 Å². The fourth-order valence-corrected chi connectivity index (χ4v) is 8.24. The standard InChI is InChI=1S/C50H32/c1-2-14-33(15-3-1)38-18-6-7-19-40(38)43-30-31-48(42-21-9-8-20-41(42)43)50-46-24-12-10-22-44(46)49(45-23-11-13-25-47(45)50)36-28-29-39-35(32-36)27-26-34-16-4-5-17-37(34)39/h1-32H. The third kappa shape index (κ3) is 4.46. The van der Waals surface area contributed by atoms with Crippen LogP contribution in [0.5, 0.6) is 0 Å². The molecule has 0 amide bonds. The van der Waals surface area contributed by atoms with Crippen LogP contribution < -0.4 is 0 Å². The van der Waals surface area contributed by atoms with Crippen LogP contribution >= 0.6 is 0 Å². The van der Waals surface area contributed by atoms with Crippen molar-refractivity contribution >= 4 is 53.9 Å². The van der Waals surface area contributed by atoms with Crippen LogP contribution in [0.2, 0.25) is 0 Å². The normalized spacial score (nSPS) is 11.6. The largest absolute Gasteiger partial charge is 0.0622 e. The van der Waals surface area contributed by atoms with E-state index in [0.29, 0.717) is 0 Å². The van der Waals surface area contributed by atoms with Crippen molar-refractivity contribution in [3.63, 3.8) is 0 Å². The predicted octanol–water partition coefficient (Wildman–Crippen LogP) is 14.1. The summed E-state index contributed by atoms with van der Waals surface area (Å²) in [5.41, 5.74) is 10.0. The van der Waals surface area contributed by atoms with Crippen LogP contribution in [0.3, 0.4) is 0 Å². The molecule has 10 aromatic rings. The maximum Gasteiger partial charge on any atom is -0.00201 e. The van der Waals surface area contributed by atoms with Crippen LogP contribution in [0.1, 0.15) is 0 Å². The number of rotatable bonds is 4. The van der Waals surface area contributed by atoms with Gasteiger partial charge in [0.15, 0.2) is 0 Å². The molecule has 0 atom stereocenters. The smallest absolute Gasteiger partial charge is 0.00201 e. The van der Waals surface area contributed by atoms with Gasteiger partial charge in [0.05, 0.1) is 0 Å². The van der Waals surface area contributed by atoms with Crippen molar-refractivity contribution in [2.45, 2.75) is 0 Å². The summed E-state index contributed by atoms with van der Waals surface area (Å²) in [6, 6.07) is 71.3. The average molecular weight is 633 g/mol. The molecule has 0 aliphatic rings. The molecule has 0 heterocycles. The van der Waals surface area contributed by atoms with Crippen molar-refractivity contribution in [3.05, 3.63) is 194 Å². The molecule has 0 heteroatoms. The molecule has 0 bridgehead atoms. The van der Waals surface area contributed by atoms with E-state index < -0.39 is 0 Å². The zero-order chi connectivity index (χ0) is 33.0. The summed E-state index contributed by atoms with van der Waals surface area (Å²) in [5, 5.41) is 12.7. The molecule has 0 aliphatic carbocycles. The fourth-order valence-electron chi connectivity index (χ4n) is 8.24. The summed E-state index contributed by atoms with van der Waals surface area (Å²) >= 11 is 0. The molecule has 10 rings (SSSR count). The zero-order valence-electron chi connectivity index (χ0n) is 27.5. The Labute approximate surface area is 291 Å². The molecule has 0 N–H and O–H groups in total. The van der Waals surface area contributed by atoms with Gasteiger partial charge in [0, 0.05) is 0 Å². The molecule has 0 aromatic heterocycles. The van der Waals surface area contributed by atoms with E-state index >= 15 is 0 Å². The number of benzene rings is 10. The lowest BCUT2D eigenvalue weighted by Gasteiger charge is -2.20. The van der Waals surface area contributed by atoms with E-state index in [4.69, 9.17) is 0 Å². The minimum absolute atomic E-state index is 1.23. The lowest BCUT2D eigenvalue weighted by molar-refractivity contribution is 1.60. The SMILES string of the molecule is c1ccc(-c2ccccc2-c2ccc(-c3c4ccccc4c(-c4ccc5c(ccc6ccccc65)c4)c4ccccc34)c3ccccc23)cc1. The summed E-state index contributed by atoms with van der Waals surface area (Å²) in [5.74, 6) is 0. The van der Waals surface area contributed by atoms with Gasteiger partial charge in [0.25, 0.3) is 0 Å². The Morgan fingerprint density at radius 3 is 1.38 bits per heavy atom. The summed E-state index contributed by atoms with van der Waals surface area (Å²) in [4.78, 5) is 0. The topological polar surface area (TPSA) is 0 Å². The van der Waals surface area contributed by atoms with E-state index in [1.807, 2.05) is 0 Å². The molecule has 0 saturated carbocycles. The second kappa shape index (κ2) is 11.6. The number of hydrogen-bond donors (Lipinski definition) is 0. The molecule has 0 saturated heterocycles. The first-order valence-electron chi connectivity index (χ1n) is 17.4. The molecule has 232 valence electrons. The van der Waals surface area contributed by atoms with Crippen molar-refractivity contribution in [2.24, 2.45) is 0 Å². The van der Waals surface area contributed by atoms with Crippen LogP contribution in [-0.2, 0) is 0 Å². The Morgan fingerprint density at radius 2 is 0.680 bits per heavy atom. The summed E-state index contributed by atoms with van der Waals surface area (Å²) in [6.45, 7) is 0. The highest BCUT2D eigenvalue weighted by molar-refractivity contribution is 6.24. The minimum Gasteiger partial charge on any atom is -0.0622 e. The highest BCUT2D eigenvalue weighted by Gasteiger charge is 2.20. The molecular weight excluding hydrogens is 601 g/mol. The van der Waals surface area contributed by atoms with E-state index in [0.717, 1.165) is 0 Å². The van der Waals surface area contributed by atoms with Gasteiger partial charge in [0.1, 0.15) is 0 Å². The summed E-state index contributed by atoms with van der Waals surface area (Å²) < 4.78 is 0. The van der Waals surface area contributed by atoms with Crippen molar-refractivity contribution in [3.8, 4) is 44.5 Å². The fraction of sp³-hybridized carbons (Fsp3) is 0. The van der Waals surface area contributed by atoms with Gasteiger partial charge in [-0.05, 0) is 104 Å². The van der Waals surface area contributed by atoms with Crippen LogP contribution in [0, 0.1) is 0 Å². The van der Waals surface area contributed by atoms with E-state index in [9.17, 15) is 0 Å². The first-order chi connectivity index (χ1) is 24.8. The van der Waals surface area contributed by atoms with Crippen LogP contribution in [0.25, 0.3) is 98.4 Å². The molecule has 50 heavy (non-hydrogen) atoms. The molecule has 0 spiro atoms. The van der Waals surface area contributed by atoms with E-state index in [-0.39, 0.29) is 0 Å². The van der Waals surface area contributed by atoms with Gasteiger partial charge in [0.2, 0.25) is 0 Å². The molecule has 0 fully saturated rings. The van der Waals surface area contributed by atoms with Gasteiger partial charge in [-0.25, -0.2) is 0 Å². The Balaban J connectivity index is 1.24. The zero-order valence-corrected chi connectivity index (χ0v) is 27.5. The van der Waals surface area contributed by atoms with E-state index in [2.05, 4.69) is 194 Å². The van der Waals surface area contributed by atoms with E-state index in [1.54, 1.807) is 0 Å². The second-order valence-electron chi connectivity index (χ2n) is 13.2. The Bertz CT molecular complexity index is 2860. The van der Waals surface area contributed by atoms with Crippen molar-refractivity contribution in [1.29, 1.82) is 0 Å². The van der Waals surface area contributed by atoms with Crippen LogP contribution in [0.15, 0.2) is 194 Å². The van der Waals surface area contributed by atoms with Gasteiger partial charge >= 0.3 is 0 Å². The number of fused-ring (bicyclic) bond motifs is 6. The van der Waals surface area contributed by atoms with Crippen molar-refractivity contribution < 1.29 is 0 Å². The minimum atomic E-state index is 1.23. The van der Waals surface area contributed by atoms with Crippen LogP contribution in [-0.4, -0.2) is 0 Å². The highest BCUT2D eigenvalue weighted by Crippen LogP contribution is 2.47. The van der Waals surface area contributed by atoms with Gasteiger partial charge in [-0.15, -0.1) is 0 Å². The summed E-state index contributed by atoms with van der Waals surface area (Å²) in [7, 11) is 0. The summed E-state index contributed by atoms with van der Waals surface area (Å²) in [6.07, 6.45) is 0. The number of hydrogen-bond acceptors (Lipinski definition) is 0. The van der Waals surface area contributed by atoms with Crippen molar-refractivity contribution in [2.75, 3.05) is 0 Å². The van der Waals surface area contributed by atoms with Gasteiger partial charge in [-0.1, -0.05) is 188 Å². The van der Waals surface area contributed by atoms with Crippen molar-refractivity contribution in [1.82, 2.24) is 0 Å². The maximum absolute atomic E-state index is 2.38. The van der Waals surface area contributed by atoms with Gasteiger partial charge < -0.3 is 0 Å². The Kier molecular flexibility index (Phi) is 6.60. The first-order valence-corrected chi connectivity index (χ1v) is 17.4. The first kappa shape index (κ1) is 28.5. The lowest BCUT2D eigenvalue weighted by atomic mass is 9.83. The quantitative estimate of drug-likeness (QED) is 0.134. The molecule has 0 nitrogen and oxygen atoms in total. The highest BCUT2D eigenvalue weighted by atomic mass is 14.2. The molecule has 0 aliphatic heterocycles. The third-order valence-electron chi connectivity index (χ3n) is 10.5. The third-order valence-corrected chi connectivity index (χ3v) is 10.5. The molecule has 10 aromatic carbocycles. The maximum atomic E-state index is 2.38. The van der Waals surface area contributed by atoms with E-state index in [1.165, 1.54) is 98.4 Å².